The maximum atomic E-state index is 12.8. The van der Waals surface area contributed by atoms with Gasteiger partial charge in [0.25, 0.3) is 10.2 Å². The Kier molecular flexibility index (Phi) is 4.65. The van der Waals surface area contributed by atoms with Crippen LogP contribution < -0.4 is 5.32 Å². The van der Waals surface area contributed by atoms with Crippen LogP contribution in [0.5, 0.6) is 0 Å². The van der Waals surface area contributed by atoms with Crippen LogP contribution >= 0.6 is 0 Å². The Hall–Kier alpha value is -0.170. The van der Waals surface area contributed by atoms with E-state index >= 15 is 0 Å². The van der Waals surface area contributed by atoms with Crippen LogP contribution in [0.2, 0.25) is 0 Å². The average molecular weight is 301 g/mol. The lowest BCUT2D eigenvalue weighted by Crippen LogP contribution is -2.54. The van der Waals surface area contributed by atoms with Crippen LogP contribution in [0.25, 0.3) is 0 Å². The SMILES string of the molecule is O=S(=O)(N1CCCCC1)N1CCCCC1CNC1CC1. The van der Waals surface area contributed by atoms with Crippen molar-refractivity contribution in [1.29, 1.82) is 0 Å². The largest absolute Gasteiger partial charge is 0.312 e. The molecule has 1 N–H and O–H groups in total. The average Bonchev–Trinajstić information content (AvgIpc) is 3.30. The normalized spacial score (nSPS) is 30.5. The maximum Gasteiger partial charge on any atom is 0.282 e. The van der Waals surface area contributed by atoms with Gasteiger partial charge in [-0.1, -0.05) is 12.8 Å². The summed E-state index contributed by atoms with van der Waals surface area (Å²) in [5, 5.41) is 3.51. The van der Waals surface area contributed by atoms with E-state index in [1.165, 1.54) is 19.3 Å². The molecule has 0 aromatic heterocycles. The molecule has 20 heavy (non-hydrogen) atoms. The van der Waals surface area contributed by atoms with E-state index in [4.69, 9.17) is 0 Å². The van der Waals surface area contributed by atoms with Gasteiger partial charge in [0.1, 0.15) is 0 Å². The second-order valence-corrected chi connectivity index (χ2v) is 8.29. The molecule has 2 aliphatic heterocycles. The lowest BCUT2D eigenvalue weighted by atomic mass is 10.1. The highest BCUT2D eigenvalue weighted by Gasteiger charge is 2.37. The van der Waals surface area contributed by atoms with Crippen LogP contribution in [0.3, 0.4) is 0 Å². The molecular formula is C14H27N3O2S. The molecule has 1 aliphatic carbocycles. The van der Waals surface area contributed by atoms with Gasteiger partial charge in [0.05, 0.1) is 0 Å². The van der Waals surface area contributed by atoms with Gasteiger partial charge >= 0.3 is 0 Å². The molecule has 0 bridgehead atoms. The second kappa shape index (κ2) is 6.30. The van der Waals surface area contributed by atoms with Crippen LogP contribution in [0, 0.1) is 0 Å². The first-order valence-corrected chi connectivity index (χ1v) is 9.58. The quantitative estimate of drug-likeness (QED) is 0.833. The fraction of sp³-hybridized carbons (Fsp3) is 1.00. The highest BCUT2D eigenvalue weighted by Crippen LogP contribution is 2.26. The van der Waals surface area contributed by atoms with Gasteiger partial charge in [0.15, 0.2) is 0 Å². The van der Waals surface area contributed by atoms with Gasteiger partial charge in [-0.2, -0.15) is 17.0 Å². The molecule has 2 saturated heterocycles. The Balaban J connectivity index is 1.66. The van der Waals surface area contributed by atoms with Crippen LogP contribution in [-0.2, 0) is 10.2 Å². The molecule has 0 amide bonds. The minimum Gasteiger partial charge on any atom is -0.312 e. The van der Waals surface area contributed by atoms with Crippen molar-refractivity contribution in [2.24, 2.45) is 0 Å². The Labute approximate surface area is 122 Å². The summed E-state index contributed by atoms with van der Waals surface area (Å²) in [7, 11) is -3.24. The predicted molar refractivity (Wildman–Crippen MR) is 79.7 cm³/mol. The van der Waals surface area contributed by atoms with Gasteiger partial charge in [-0.25, -0.2) is 0 Å². The number of hydrogen-bond donors (Lipinski definition) is 1. The summed E-state index contributed by atoms with van der Waals surface area (Å²) in [6, 6.07) is 0.813. The summed E-state index contributed by atoms with van der Waals surface area (Å²) in [6.45, 7) is 2.96. The number of piperidine rings is 2. The molecule has 2 heterocycles. The lowest BCUT2D eigenvalue weighted by molar-refractivity contribution is 0.219. The predicted octanol–water partition coefficient (Wildman–Crippen LogP) is 1.32. The second-order valence-electron chi connectivity index (χ2n) is 6.41. The molecule has 5 nitrogen and oxygen atoms in total. The summed E-state index contributed by atoms with van der Waals surface area (Å²) < 4.78 is 29.2. The zero-order valence-corrected chi connectivity index (χ0v) is 13.1. The molecule has 1 atom stereocenters. The lowest BCUT2D eigenvalue weighted by Gasteiger charge is -2.39. The zero-order chi connectivity index (χ0) is 14.0. The highest BCUT2D eigenvalue weighted by atomic mass is 32.2. The van der Waals surface area contributed by atoms with Crippen LogP contribution in [0.1, 0.15) is 51.4 Å². The van der Waals surface area contributed by atoms with E-state index in [0.717, 1.165) is 38.6 Å². The van der Waals surface area contributed by atoms with E-state index in [1.807, 2.05) is 0 Å². The monoisotopic (exact) mass is 301 g/mol. The Bertz CT molecular complexity index is 416. The van der Waals surface area contributed by atoms with Crippen molar-refractivity contribution >= 4 is 10.2 Å². The van der Waals surface area contributed by atoms with Crippen molar-refractivity contribution in [1.82, 2.24) is 13.9 Å². The van der Waals surface area contributed by atoms with Gasteiger partial charge in [-0.05, 0) is 38.5 Å². The van der Waals surface area contributed by atoms with Crippen LogP contribution in [0.15, 0.2) is 0 Å². The summed E-state index contributed by atoms with van der Waals surface area (Å²) in [5.41, 5.74) is 0. The van der Waals surface area contributed by atoms with Crippen molar-refractivity contribution in [2.75, 3.05) is 26.2 Å². The fourth-order valence-electron chi connectivity index (χ4n) is 3.32. The smallest absolute Gasteiger partial charge is 0.282 e. The van der Waals surface area contributed by atoms with Gasteiger partial charge < -0.3 is 5.32 Å². The maximum absolute atomic E-state index is 12.8. The van der Waals surface area contributed by atoms with E-state index in [2.05, 4.69) is 5.32 Å². The number of hydrogen-bond acceptors (Lipinski definition) is 3. The third kappa shape index (κ3) is 3.35. The third-order valence-corrected chi connectivity index (χ3v) is 6.82. The molecule has 0 aromatic carbocycles. The van der Waals surface area contributed by atoms with E-state index in [1.54, 1.807) is 8.61 Å². The van der Waals surface area contributed by atoms with Crippen molar-refractivity contribution in [3.63, 3.8) is 0 Å². The number of nitrogens with zero attached hydrogens (tertiary/aromatic N) is 2. The number of nitrogens with one attached hydrogen (secondary N) is 1. The van der Waals surface area contributed by atoms with E-state index in [0.29, 0.717) is 25.7 Å². The first-order chi connectivity index (χ1) is 9.68. The summed E-state index contributed by atoms with van der Waals surface area (Å²) in [4.78, 5) is 0. The van der Waals surface area contributed by atoms with E-state index in [9.17, 15) is 8.42 Å². The minimum atomic E-state index is -3.24. The van der Waals surface area contributed by atoms with Gasteiger partial charge in [0, 0.05) is 38.3 Å². The van der Waals surface area contributed by atoms with Gasteiger partial charge in [0.2, 0.25) is 0 Å². The molecule has 116 valence electrons. The Morgan fingerprint density at radius 1 is 0.900 bits per heavy atom. The van der Waals surface area contributed by atoms with E-state index in [-0.39, 0.29) is 6.04 Å². The fourth-order valence-corrected chi connectivity index (χ4v) is 5.25. The van der Waals surface area contributed by atoms with E-state index < -0.39 is 10.2 Å². The highest BCUT2D eigenvalue weighted by molar-refractivity contribution is 7.86. The molecule has 1 saturated carbocycles. The molecule has 6 heteroatoms. The molecule has 0 radical (unpaired) electrons. The van der Waals surface area contributed by atoms with Gasteiger partial charge in [-0.15, -0.1) is 0 Å². The molecule has 0 spiro atoms. The number of rotatable bonds is 5. The van der Waals surface area contributed by atoms with Crippen molar-refractivity contribution in [3.8, 4) is 0 Å². The first-order valence-electron chi connectivity index (χ1n) is 8.18. The molecule has 1 unspecified atom stereocenters. The summed E-state index contributed by atoms with van der Waals surface area (Å²) in [5.74, 6) is 0. The van der Waals surface area contributed by atoms with Crippen molar-refractivity contribution in [3.05, 3.63) is 0 Å². The van der Waals surface area contributed by atoms with Crippen molar-refractivity contribution in [2.45, 2.75) is 63.5 Å². The first kappa shape index (κ1) is 14.8. The molecule has 3 rings (SSSR count). The van der Waals surface area contributed by atoms with Crippen LogP contribution in [0.4, 0.5) is 0 Å². The van der Waals surface area contributed by atoms with Crippen LogP contribution in [-0.4, -0.2) is 55.3 Å². The van der Waals surface area contributed by atoms with Crippen molar-refractivity contribution < 1.29 is 8.42 Å². The molecule has 3 fully saturated rings. The Morgan fingerprint density at radius 2 is 1.60 bits per heavy atom. The Morgan fingerprint density at radius 3 is 2.30 bits per heavy atom. The minimum absolute atomic E-state index is 0.163. The topological polar surface area (TPSA) is 52.7 Å². The standard InChI is InChI=1S/C14H27N3O2S/c18-20(19,16-9-3-1-4-10-16)17-11-5-2-6-14(17)12-15-13-7-8-13/h13-15H,1-12H2. The zero-order valence-electron chi connectivity index (χ0n) is 12.3. The molecule has 0 aromatic rings. The molecular weight excluding hydrogens is 274 g/mol. The van der Waals surface area contributed by atoms with Gasteiger partial charge in [-0.3, -0.25) is 0 Å². The molecule has 3 aliphatic rings. The summed E-state index contributed by atoms with van der Waals surface area (Å²) in [6.07, 6.45) is 8.87. The third-order valence-electron chi connectivity index (χ3n) is 4.73. The summed E-state index contributed by atoms with van der Waals surface area (Å²) >= 11 is 0.